The third-order valence-electron chi connectivity index (χ3n) is 7.73. The van der Waals surface area contributed by atoms with Gasteiger partial charge >= 0.3 is 12.4 Å². The van der Waals surface area contributed by atoms with E-state index in [9.17, 15) is 42.1 Å². The molecule has 0 atom stereocenters. The van der Waals surface area contributed by atoms with E-state index in [2.05, 4.69) is 14.5 Å². The molecule has 0 unspecified atom stereocenters. The number of nitrogens with zero attached hydrogens (tertiary/aromatic N) is 6. The van der Waals surface area contributed by atoms with Crippen LogP contribution in [0.25, 0.3) is 48.1 Å². The molecule has 12 heteroatoms. The molecule has 5 rings (SSSR count). The standard InChI is InChI=1S/C36H14F6N6/c1-17-6-18(2)8-19(7-17)31-33(29(16-45)47-4)25-13-24-23(12-26(25)34(31)48-5)27(14-43)30(32(24)28(15-44)46-3)20-9-21(35(37,38)39)11-22(10-20)36(40,41)42/h6-13H,1-2H3/b32-28+,33-29?. The second-order valence-corrected chi connectivity index (χ2v) is 10.7. The van der Waals surface area contributed by atoms with Gasteiger partial charge in [-0.05, 0) is 88.2 Å². The van der Waals surface area contributed by atoms with Crippen LogP contribution in [0.15, 0.2) is 59.9 Å². The second kappa shape index (κ2) is 11.5. The summed E-state index contributed by atoms with van der Waals surface area (Å²) in [6.45, 7) is 27.0. The maximum Gasteiger partial charge on any atom is 0.416 e. The summed E-state index contributed by atoms with van der Waals surface area (Å²) in [5.74, 6) is 0. The molecule has 6 nitrogen and oxygen atoms in total. The van der Waals surface area contributed by atoms with Gasteiger partial charge < -0.3 is 0 Å². The zero-order chi connectivity index (χ0) is 35.3. The molecule has 0 saturated heterocycles. The number of hydrogen-bond donors (Lipinski definition) is 0. The Hall–Kier alpha value is -6.86. The van der Waals surface area contributed by atoms with Gasteiger partial charge in [0.05, 0.1) is 48.6 Å². The van der Waals surface area contributed by atoms with Crippen molar-refractivity contribution in [3.8, 4) is 18.2 Å². The first-order valence-electron chi connectivity index (χ1n) is 13.5. The fourth-order valence-electron chi connectivity index (χ4n) is 5.98. The van der Waals surface area contributed by atoms with Gasteiger partial charge in [0.2, 0.25) is 5.70 Å². The number of nitriles is 3. The van der Waals surface area contributed by atoms with Gasteiger partial charge in [0.25, 0.3) is 11.4 Å². The number of alkyl halides is 6. The minimum Gasteiger partial charge on any atom is -0.237 e. The van der Waals surface area contributed by atoms with Crippen LogP contribution in [0, 0.1) is 67.6 Å². The maximum absolute atomic E-state index is 13.9. The zero-order valence-electron chi connectivity index (χ0n) is 24.6. The molecule has 0 bridgehead atoms. The molecule has 0 aliphatic heterocycles. The SMILES string of the molecule is [C-]#[N+]C(C#N)=C1C(c2cc(C)cc(C)c2)=C([N+]#[C-])c2cc3c(cc21)/C(=C(/C#N)[N+]#[C-])C(c1cc(C(F)(F)F)cc(C(F)(F)F)c1)=C3C#N. The first kappa shape index (κ1) is 32.5. The number of aryl methyl sites for hydroxylation is 2. The van der Waals surface area contributed by atoms with E-state index in [0.717, 1.165) is 11.1 Å². The molecule has 0 radical (unpaired) electrons. The Labute approximate surface area is 269 Å². The second-order valence-electron chi connectivity index (χ2n) is 10.7. The molecule has 2 aliphatic rings. The van der Waals surface area contributed by atoms with Crippen LogP contribution in [0.1, 0.15) is 55.6 Å². The monoisotopic (exact) mass is 644 g/mol. The molecular formula is C36H14F6N6. The lowest BCUT2D eigenvalue weighted by molar-refractivity contribution is -0.143. The number of halogens is 6. The summed E-state index contributed by atoms with van der Waals surface area (Å²) in [6, 6.07) is 14.0. The molecule has 0 amide bonds. The van der Waals surface area contributed by atoms with Crippen LogP contribution in [-0.4, -0.2) is 0 Å². The van der Waals surface area contributed by atoms with Crippen molar-refractivity contribution in [2.75, 3.05) is 0 Å². The zero-order valence-corrected chi connectivity index (χ0v) is 24.6. The highest BCUT2D eigenvalue weighted by Crippen LogP contribution is 2.55. The van der Waals surface area contributed by atoms with Crippen LogP contribution in [0.3, 0.4) is 0 Å². The molecule has 3 aromatic carbocycles. The number of rotatable bonds is 2. The summed E-state index contributed by atoms with van der Waals surface area (Å²) in [7, 11) is 0. The average Bonchev–Trinajstić information content (AvgIpc) is 3.51. The van der Waals surface area contributed by atoms with Crippen molar-refractivity contribution >= 4 is 33.6 Å². The van der Waals surface area contributed by atoms with Crippen molar-refractivity contribution in [3.63, 3.8) is 0 Å². The largest absolute Gasteiger partial charge is 0.416 e. The highest BCUT2D eigenvalue weighted by atomic mass is 19.4. The van der Waals surface area contributed by atoms with Gasteiger partial charge in [0.1, 0.15) is 6.07 Å². The number of fused-ring (bicyclic) bond motifs is 2. The van der Waals surface area contributed by atoms with E-state index in [0.29, 0.717) is 17.7 Å². The van der Waals surface area contributed by atoms with Gasteiger partial charge in [0.15, 0.2) is 0 Å². The molecular weight excluding hydrogens is 630 g/mol. The molecule has 230 valence electrons. The molecule has 0 aromatic heterocycles. The first-order valence-corrected chi connectivity index (χ1v) is 13.5. The van der Waals surface area contributed by atoms with E-state index >= 15 is 0 Å². The molecule has 2 aliphatic carbocycles. The Kier molecular flexibility index (Phi) is 7.79. The molecule has 48 heavy (non-hydrogen) atoms. The van der Waals surface area contributed by atoms with Crippen LogP contribution < -0.4 is 0 Å². The van der Waals surface area contributed by atoms with Crippen LogP contribution in [0.4, 0.5) is 26.3 Å². The average molecular weight is 645 g/mol. The van der Waals surface area contributed by atoms with E-state index in [-0.39, 0.29) is 45.2 Å². The quantitative estimate of drug-likeness (QED) is 0.158. The van der Waals surface area contributed by atoms with Crippen molar-refractivity contribution < 1.29 is 26.3 Å². The first-order chi connectivity index (χ1) is 22.6. The predicted molar refractivity (Wildman–Crippen MR) is 163 cm³/mol. The molecule has 0 spiro atoms. The number of hydrogen-bond acceptors (Lipinski definition) is 3. The van der Waals surface area contributed by atoms with Crippen molar-refractivity contribution in [3.05, 3.63) is 150 Å². The molecule has 0 heterocycles. The minimum atomic E-state index is -5.23. The maximum atomic E-state index is 13.9. The Morgan fingerprint density at radius 2 is 1.06 bits per heavy atom. The fourth-order valence-corrected chi connectivity index (χ4v) is 5.98. The summed E-state index contributed by atoms with van der Waals surface area (Å²) >= 11 is 0. The van der Waals surface area contributed by atoms with Gasteiger partial charge in [-0.1, -0.05) is 35.4 Å². The Morgan fingerprint density at radius 1 is 0.604 bits per heavy atom. The lowest BCUT2D eigenvalue weighted by Gasteiger charge is -2.16. The van der Waals surface area contributed by atoms with Crippen LogP contribution in [-0.2, 0) is 12.4 Å². The van der Waals surface area contributed by atoms with Gasteiger partial charge in [-0.3, -0.25) is 0 Å². The van der Waals surface area contributed by atoms with Crippen LogP contribution in [0.5, 0.6) is 0 Å². The lowest BCUT2D eigenvalue weighted by Crippen LogP contribution is -2.11. The Bertz CT molecular complexity index is 2310. The van der Waals surface area contributed by atoms with E-state index in [1.165, 1.54) is 12.1 Å². The van der Waals surface area contributed by atoms with Gasteiger partial charge in [-0.2, -0.15) is 31.6 Å². The number of benzene rings is 3. The van der Waals surface area contributed by atoms with Crippen LogP contribution in [0.2, 0.25) is 0 Å². The third-order valence-corrected chi connectivity index (χ3v) is 7.73. The van der Waals surface area contributed by atoms with Crippen LogP contribution >= 0.6 is 0 Å². The normalized spacial score (nSPS) is 15.7. The Balaban J connectivity index is 1.96. The summed E-state index contributed by atoms with van der Waals surface area (Å²) in [5.41, 5.74) is -4.10. The van der Waals surface area contributed by atoms with Crippen molar-refractivity contribution in [2.24, 2.45) is 0 Å². The van der Waals surface area contributed by atoms with Crippen molar-refractivity contribution in [2.45, 2.75) is 26.2 Å². The molecule has 3 aromatic rings. The molecule has 0 saturated carbocycles. The fraction of sp³-hybridized carbons (Fsp3) is 0.111. The van der Waals surface area contributed by atoms with E-state index < -0.39 is 57.2 Å². The van der Waals surface area contributed by atoms with E-state index in [1.54, 1.807) is 18.2 Å². The lowest BCUT2D eigenvalue weighted by atomic mass is 9.90. The Morgan fingerprint density at radius 3 is 1.50 bits per heavy atom. The van der Waals surface area contributed by atoms with Gasteiger partial charge in [0, 0.05) is 5.57 Å². The smallest absolute Gasteiger partial charge is 0.237 e. The predicted octanol–water partition coefficient (Wildman–Crippen LogP) is 9.90. The van der Waals surface area contributed by atoms with E-state index in [4.69, 9.17) is 19.7 Å². The molecule has 0 fully saturated rings. The summed E-state index contributed by atoms with van der Waals surface area (Å²) in [4.78, 5) is 10.2. The van der Waals surface area contributed by atoms with E-state index in [1.807, 2.05) is 32.1 Å². The molecule has 0 N–H and O–H groups in total. The third kappa shape index (κ3) is 5.15. The van der Waals surface area contributed by atoms with Gasteiger partial charge in [-0.25, -0.2) is 25.1 Å². The minimum absolute atomic E-state index is 0.0235. The highest BCUT2D eigenvalue weighted by molar-refractivity contribution is 6.29. The summed E-state index contributed by atoms with van der Waals surface area (Å²) in [5, 5.41) is 30.2. The van der Waals surface area contributed by atoms with Crippen molar-refractivity contribution in [1.82, 2.24) is 0 Å². The van der Waals surface area contributed by atoms with Crippen molar-refractivity contribution in [1.29, 1.82) is 15.8 Å². The van der Waals surface area contributed by atoms with Gasteiger partial charge in [-0.15, -0.1) is 0 Å². The topological polar surface area (TPSA) is 84.4 Å². The summed E-state index contributed by atoms with van der Waals surface area (Å²) < 4.78 is 83.1. The highest BCUT2D eigenvalue weighted by Gasteiger charge is 2.40. The number of allylic oxidation sites excluding steroid dienone is 7. The summed E-state index contributed by atoms with van der Waals surface area (Å²) in [6.07, 6.45) is -10.5.